The fourth-order valence-corrected chi connectivity index (χ4v) is 3.60. The monoisotopic (exact) mass is 323 g/mol. The van der Waals surface area contributed by atoms with E-state index in [2.05, 4.69) is 55.7 Å². The van der Waals surface area contributed by atoms with Gasteiger partial charge in [-0.1, -0.05) is 45.5 Å². The molecule has 5 heteroatoms. The molecule has 1 N–H and O–H groups in total. The van der Waals surface area contributed by atoms with E-state index < -0.39 is 0 Å². The van der Waals surface area contributed by atoms with Gasteiger partial charge in [-0.25, -0.2) is 0 Å². The molecule has 0 unspecified atom stereocenters. The average molecular weight is 324 g/mol. The predicted octanol–water partition coefficient (Wildman–Crippen LogP) is 3.97. The second kappa shape index (κ2) is 4.97. The molecule has 18 heavy (non-hydrogen) atoms. The van der Waals surface area contributed by atoms with E-state index in [9.17, 15) is 0 Å². The van der Waals surface area contributed by atoms with Gasteiger partial charge in [0, 0.05) is 10.5 Å². The summed E-state index contributed by atoms with van der Waals surface area (Å²) in [5.74, 6) is 0.659. The molecule has 0 aliphatic heterocycles. The van der Waals surface area contributed by atoms with Crippen LogP contribution in [0.15, 0.2) is 28.7 Å². The largest absolute Gasteiger partial charge is 0.357 e. The number of aromatic nitrogens is 2. The molecule has 3 nitrogen and oxygen atoms in total. The normalized spacial score (nSPS) is 22.6. The van der Waals surface area contributed by atoms with Crippen LogP contribution in [0.2, 0.25) is 0 Å². The maximum absolute atomic E-state index is 4.10. The third kappa shape index (κ3) is 2.42. The number of anilines is 1. The number of rotatable bonds is 3. The summed E-state index contributed by atoms with van der Waals surface area (Å²) in [5, 5.41) is 13.5. The van der Waals surface area contributed by atoms with Crippen LogP contribution in [0.3, 0.4) is 0 Å². The Balaban J connectivity index is 1.59. The standard InChI is InChI=1S/C13H14BrN3S/c1-8-16-17-13(18-8)15-10-6-9(7-10)11-4-2-3-5-12(11)14/h2-5,9-10H,6-7H2,1H3,(H,15,17). The highest BCUT2D eigenvalue weighted by atomic mass is 79.9. The molecule has 1 aliphatic rings. The molecule has 1 fully saturated rings. The number of nitrogens with zero attached hydrogens (tertiary/aromatic N) is 2. The summed E-state index contributed by atoms with van der Waals surface area (Å²) < 4.78 is 1.22. The molecule has 0 bridgehead atoms. The van der Waals surface area contributed by atoms with Gasteiger partial charge in [0.2, 0.25) is 5.13 Å². The van der Waals surface area contributed by atoms with Crippen LogP contribution in [0.1, 0.15) is 29.3 Å². The van der Waals surface area contributed by atoms with E-state index in [0.717, 1.165) is 10.1 Å². The second-order valence-electron chi connectivity index (χ2n) is 4.66. The van der Waals surface area contributed by atoms with E-state index in [0.29, 0.717) is 12.0 Å². The summed E-state index contributed by atoms with van der Waals surface area (Å²) in [5.41, 5.74) is 1.42. The van der Waals surface area contributed by atoms with E-state index in [4.69, 9.17) is 0 Å². The van der Waals surface area contributed by atoms with Crippen molar-refractivity contribution in [2.75, 3.05) is 5.32 Å². The minimum Gasteiger partial charge on any atom is -0.357 e. The van der Waals surface area contributed by atoms with Gasteiger partial charge in [-0.15, -0.1) is 10.2 Å². The Morgan fingerprint density at radius 3 is 2.72 bits per heavy atom. The summed E-state index contributed by atoms with van der Waals surface area (Å²) in [7, 11) is 0. The van der Waals surface area contributed by atoms with Crippen LogP contribution in [0.4, 0.5) is 5.13 Å². The molecule has 0 saturated heterocycles. The van der Waals surface area contributed by atoms with Crippen LogP contribution in [-0.4, -0.2) is 16.2 Å². The molecule has 1 aromatic carbocycles. The maximum atomic E-state index is 4.10. The average Bonchev–Trinajstić information content (AvgIpc) is 2.70. The predicted molar refractivity (Wildman–Crippen MR) is 78.2 cm³/mol. The lowest BCUT2D eigenvalue weighted by molar-refractivity contribution is 0.373. The van der Waals surface area contributed by atoms with Gasteiger partial charge in [-0.2, -0.15) is 0 Å². The molecule has 0 atom stereocenters. The first kappa shape index (κ1) is 12.1. The Labute approximate surface area is 119 Å². The fourth-order valence-electron chi connectivity index (χ4n) is 2.33. The highest BCUT2D eigenvalue weighted by Crippen LogP contribution is 2.41. The van der Waals surface area contributed by atoms with E-state index in [-0.39, 0.29) is 0 Å². The van der Waals surface area contributed by atoms with E-state index in [1.165, 1.54) is 22.9 Å². The zero-order valence-corrected chi connectivity index (χ0v) is 12.5. The molecule has 1 saturated carbocycles. The summed E-state index contributed by atoms with van der Waals surface area (Å²) in [4.78, 5) is 0. The van der Waals surface area contributed by atoms with Crippen LogP contribution in [0.5, 0.6) is 0 Å². The summed E-state index contributed by atoms with van der Waals surface area (Å²) >= 11 is 5.24. The van der Waals surface area contributed by atoms with Gasteiger partial charge in [0.05, 0.1) is 0 Å². The Morgan fingerprint density at radius 1 is 1.28 bits per heavy atom. The van der Waals surface area contributed by atoms with Crippen molar-refractivity contribution in [3.05, 3.63) is 39.3 Å². The Hall–Kier alpha value is -0.940. The van der Waals surface area contributed by atoms with Crippen LogP contribution >= 0.6 is 27.3 Å². The summed E-state index contributed by atoms with van der Waals surface area (Å²) in [6.07, 6.45) is 2.34. The first-order valence-corrected chi connectivity index (χ1v) is 7.64. The molecular weight excluding hydrogens is 310 g/mol. The topological polar surface area (TPSA) is 37.8 Å². The van der Waals surface area contributed by atoms with Crippen molar-refractivity contribution in [3.63, 3.8) is 0 Å². The van der Waals surface area contributed by atoms with Crippen LogP contribution in [0, 0.1) is 6.92 Å². The first-order chi connectivity index (χ1) is 8.72. The van der Waals surface area contributed by atoms with Crippen molar-refractivity contribution in [2.45, 2.75) is 31.7 Å². The van der Waals surface area contributed by atoms with Gasteiger partial charge in [0.1, 0.15) is 5.01 Å². The Kier molecular flexibility index (Phi) is 3.35. The summed E-state index contributed by atoms with van der Waals surface area (Å²) in [6.45, 7) is 1.98. The van der Waals surface area contributed by atoms with Gasteiger partial charge >= 0.3 is 0 Å². The molecular formula is C13H14BrN3S. The van der Waals surface area contributed by atoms with Gasteiger partial charge in [0.15, 0.2) is 0 Å². The van der Waals surface area contributed by atoms with Crippen molar-refractivity contribution in [1.82, 2.24) is 10.2 Å². The number of hydrogen-bond acceptors (Lipinski definition) is 4. The Bertz CT molecular complexity index is 549. The second-order valence-corrected chi connectivity index (χ2v) is 6.69. The number of halogens is 1. The maximum Gasteiger partial charge on any atom is 0.205 e. The summed E-state index contributed by atoms with van der Waals surface area (Å²) in [6, 6.07) is 9.03. The van der Waals surface area contributed by atoms with E-state index in [1.54, 1.807) is 11.3 Å². The molecule has 94 valence electrons. The third-order valence-electron chi connectivity index (χ3n) is 3.34. The lowest BCUT2D eigenvalue weighted by atomic mass is 9.76. The van der Waals surface area contributed by atoms with E-state index >= 15 is 0 Å². The number of benzene rings is 1. The SMILES string of the molecule is Cc1nnc(NC2CC(c3ccccc3Br)C2)s1. The zero-order chi connectivity index (χ0) is 12.5. The molecule has 0 spiro atoms. The highest BCUT2D eigenvalue weighted by molar-refractivity contribution is 9.10. The lowest BCUT2D eigenvalue weighted by Gasteiger charge is -2.36. The molecule has 2 aromatic rings. The Morgan fingerprint density at radius 2 is 2.06 bits per heavy atom. The smallest absolute Gasteiger partial charge is 0.205 e. The third-order valence-corrected chi connectivity index (χ3v) is 4.83. The van der Waals surface area contributed by atoms with Crippen molar-refractivity contribution < 1.29 is 0 Å². The van der Waals surface area contributed by atoms with Crippen molar-refractivity contribution in [3.8, 4) is 0 Å². The molecule has 3 rings (SSSR count). The number of hydrogen-bond donors (Lipinski definition) is 1. The number of nitrogens with one attached hydrogen (secondary N) is 1. The van der Waals surface area contributed by atoms with Crippen molar-refractivity contribution in [2.24, 2.45) is 0 Å². The molecule has 1 aliphatic carbocycles. The number of aryl methyl sites for hydroxylation is 1. The van der Waals surface area contributed by atoms with Crippen molar-refractivity contribution in [1.29, 1.82) is 0 Å². The van der Waals surface area contributed by atoms with Gasteiger partial charge < -0.3 is 5.32 Å². The minimum atomic E-state index is 0.537. The molecule has 1 aromatic heterocycles. The molecule has 1 heterocycles. The van der Waals surface area contributed by atoms with Gasteiger partial charge in [-0.05, 0) is 37.3 Å². The van der Waals surface area contributed by atoms with Crippen LogP contribution < -0.4 is 5.32 Å². The van der Waals surface area contributed by atoms with Crippen molar-refractivity contribution >= 4 is 32.4 Å². The van der Waals surface area contributed by atoms with Gasteiger partial charge in [-0.3, -0.25) is 0 Å². The van der Waals surface area contributed by atoms with E-state index in [1.807, 2.05) is 6.92 Å². The highest BCUT2D eigenvalue weighted by Gasteiger charge is 2.31. The molecule has 0 radical (unpaired) electrons. The first-order valence-electron chi connectivity index (χ1n) is 6.03. The fraction of sp³-hybridized carbons (Fsp3) is 0.385. The molecule has 0 amide bonds. The quantitative estimate of drug-likeness (QED) is 0.928. The van der Waals surface area contributed by atoms with Crippen LogP contribution in [-0.2, 0) is 0 Å². The minimum absolute atomic E-state index is 0.537. The van der Waals surface area contributed by atoms with Gasteiger partial charge in [0.25, 0.3) is 0 Å². The lowest BCUT2D eigenvalue weighted by Crippen LogP contribution is -2.34. The zero-order valence-electron chi connectivity index (χ0n) is 10.1. The van der Waals surface area contributed by atoms with Crippen LogP contribution in [0.25, 0.3) is 0 Å².